The summed E-state index contributed by atoms with van der Waals surface area (Å²) in [4.78, 5) is 26.4. The summed E-state index contributed by atoms with van der Waals surface area (Å²) in [5, 5.41) is 2.80. The van der Waals surface area contributed by atoms with Gasteiger partial charge in [0.1, 0.15) is 0 Å². The fraction of sp³-hybridized carbons (Fsp3) is 0.429. The van der Waals surface area contributed by atoms with Gasteiger partial charge in [0.25, 0.3) is 0 Å². The first-order valence-electron chi connectivity index (χ1n) is 6.58. The Morgan fingerprint density at radius 1 is 1.43 bits per heavy atom. The lowest BCUT2D eigenvalue weighted by atomic mass is 10.2. The van der Waals surface area contributed by atoms with E-state index in [4.69, 9.17) is 4.74 Å². The van der Waals surface area contributed by atoms with E-state index in [-0.39, 0.29) is 11.9 Å². The minimum atomic E-state index is -0.196. The summed E-state index contributed by atoms with van der Waals surface area (Å²) >= 11 is 1.52. The Bertz CT molecular complexity index is 588. The van der Waals surface area contributed by atoms with Gasteiger partial charge in [-0.2, -0.15) is 0 Å². The van der Waals surface area contributed by atoms with Gasteiger partial charge in [0.15, 0.2) is 10.8 Å². The fourth-order valence-corrected chi connectivity index (χ4v) is 2.73. The number of carbonyl (C=O) groups excluding carboxylic acids is 1. The zero-order valence-corrected chi connectivity index (χ0v) is 13.1. The van der Waals surface area contributed by atoms with Gasteiger partial charge in [-0.1, -0.05) is 6.92 Å². The van der Waals surface area contributed by atoms with Gasteiger partial charge in [-0.05, 0) is 13.1 Å². The van der Waals surface area contributed by atoms with Crippen LogP contribution in [0.3, 0.4) is 0 Å². The average Bonchev–Trinajstić information content (AvgIpc) is 2.95. The number of ether oxygens (including phenoxy) is 1. The van der Waals surface area contributed by atoms with Gasteiger partial charge in [-0.15, -0.1) is 11.3 Å². The third-order valence-electron chi connectivity index (χ3n) is 2.93. The van der Waals surface area contributed by atoms with Crippen LogP contribution in [0.15, 0.2) is 23.8 Å². The van der Waals surface area contributed by atoms with Gasteiger partial charge in [0.05, 0.1) is 18.7 Å². The number of thiazole rings is 1. The van der Waals surface area contributed by atoms with Gasteiger partial charge in [0.2, 0.25) is 0 Å². The summed E-state index contributed by atoms with van der Waals surface area (Å²) < 4.78 is 4.73. The van der Waals surface area contributed by atoms with Gasteiger partial charge in [-0.3, -0.25) is 9.69 Å². The Labute approximate surface area is 127 Å². The molecule has 0 aliphatic rings. The minimum absolute atomic E-state index is 0.157. The lowest BCUT2D eigenvalue weighted by Crippen LogP contribution is -2.29. The van der Waals surface area contributed by atoms with E-state index in [1.165, 1.54) is 18.4 Å². The minimum Gasteiger partial charge on any atom is -0.469 e. The summed E-state index contributed by atoms with van der Waals surface area (Å²) in [6.07, 6.45) is 3.40. The van der Waals surface area contributed by atoms with Crippen LogP contribution < -0.4 is 0 Å². The maximum atomic E-state index is 11.4. The quantitative estimate of drug-likeness (QED) is 0.759. The molecule has 0 spiro atoms. The van der Waals surface area contributed by atoms with Crippen LogP contribution in [0, 0.1) is 5.92 Å². The van der Waals surface area contributed by atoms with Crippen molar-refractivity contribution in [2.45, 2.75) is 13.5 Å². The molecule has 0 unspecified atom stereocenters. The van der Waals surface area contributed by atoms with Gasteiger partial charge in [-0.25, -0.2) is 15.0 Å². The monoisotopic (exact) mass is 306 g/mol. The van der Waals surface area contributed by atoms with Crippen LogP contribution in [-0.4, -0.2) is 46.5 Å². The van der Waals surface area contributed by atoms with Crippen LogP contribution >= 0.6 is 11.3 Å². The summed E-state index contributed by atoms with van der Waals surface area (Å²) in [6.45, 7) is 3.15. The van der Waals surface area contributed by atoms with Crippen molar-refractivity contribution >= 4 is 17.3 Å². The molecular weight excluding hydrogens is 288 g/mol. The number of esters is 1. The van der Waals surface area contributed by atoms with Crippen molar-refractivity contribution in [3.63, 3.8) is 0 Å². The molecule has 1 atom stereocenters. The van der Waals surface area contributed by atoms with Crippen LogP contribution in [0.1, 0.15) is 12.6 Å². The van der Waals surface area contributed by atoms with Crippen molar-refractivity contribution in [3.8, 4) is 10.8 Å². The Hall–Kier alpha value is -1.86. The Morgan fingerprint density at radius 2 is 2.14 bits per heavy atom. The normalized spacial score (nSPS) is 12.4. The molecule has 2 aromatic heterocycles. The Kier molecular flexibility index (Phi) is 5.35. The van der Waals surface area contributed by atoms with E-state index in [1.54, 1.807) is 18.5 Å². The third kappa shape index (κ3) is 4.30. The van der Waals surface area contributed by atoms with Gasteiger partial charge < -0.3 is 4.74 Å². The molecule has 0 radical (unpaired) electrons. The number of nitrogens with zero attached hydrogens (tertiary/aromatic N) is 4. The van der Waals surface area contributed by atoms with Crippen molar-refractivity contribution in [2.24, 2.45) is 5.92 Å². The van der Waals surface area contributed by atoms with Crippen molar-refractivity contribution in [2.75, 3.05) is 20.7 Å². The van der Waals surface area contributed by atoms with Crippen LogP contribution in [0.5, 0.6) is 0 Å². The summed E-state index contributed by atoms with van der Waals surface area (Å²) in [5.74, 6) is 0.286. The van der Waals surface area contributed by atoms with E-state index in [0.717, 1.165) is 10.7 Å². The number of carbonyl (C=O) groups is 1. The smallest absolute Gasteiger partial charge is 0.309 e. The van der Waals surface area contributed by atoms with Gasteiger partial charge in [0, 0.05) is 30.9 Å². The number of methoxy groups -OCH3 is 1. The molecule has 7 heteroatoms. The number of hydrogen-bond acceptors (Lipinski definition) is 7. The number of aromatic nitrogens is 3. The second-order valence-electron chi connectivity index (χ2n) is 4.84. The zero-order chi connectivity index (χ0) is 15.2. The second-order valence-corrected chi connectivity index (χ2v) is 5.70. The van der Waals surface area contributed by atoms with Crippen LogP contribution in [0.2, 0.25) is 0 Å². The molecule has 0 saturated carbocycles. The van der Waals surface area contributed by atoms with Crippen molar-refractivity contribution in [1.29, 1.82) is 0 Å². The average molecular weight is 306 g/mol. The molecule has 21 heavy (non-hydrogen) atoms. The lowest BCUT2D eigenvalue weighted by molar-refractivity contribution is -0.145. The molecule has 0 fully saturated rings. The molecule has 2 aromatic rings. The molecule has 0 saturated heterocycles. The Morgan fingerprint density at radius 3 is 2.81 bits per heavy atom. The van der Waals surface area contributed by atoms with E-state index in [2.05, 4.69) is 15.0 Å². The predicted octanol–water partition coefficient (Wildman–Crippen LogP) is 1.84. The van der Waals surface area contributed by atoms with E-state index >= 15 is 0 Å². The highest BCUT2D eigenvalue weighted by molar-refractivity contribution is 7.13. The summed E-state index contributed by atoms with van der Waals surface area (Å²) in [7, 11) is 3.36. The lowest BCUT2D eigenvalue weighted by Gasteiger charge is -2.18. The molecule has 0 aliphatic carbocycles. The Balaban J connectivity index is 1.95. The molecule has 0 amide bonds. The van der Waals surface area contributed by atoms with Crippen molar-refractivity contribution < 1.29 is 9.53 Å². The second kappa shape index (κ2) is 7.24. The van der Waals surface area contributed by atoms with Crippen LogP contribution in [0.25, 0.3) is 10.8 Å². The molecular formula is C14H18N4O2S. The largest absolute Gasteiger partial charge is 0.469 e. The fourth-order valence-electron chi connectivity index (χ4n) is 1.98. The van der Waals surface area contributed by atoms with Crippen molar-refractivity contribution in [3.05, 3.63) is 29.5 Å². The van der Waals surface area contributed by atoms with Gasteiger partial charge >= 0.3 is 5.97 Å². The van der Waals surface area contributed by atoms with E-state index in [9.17, 15) is 4.79 Å². The molecule has 0 N–H and O–H groups in total. The maximum absolute atomic E-state index is 11.4. The molecule has 112 valence electrons. The maximum Gasteiger partial charge on any atom is 0.309 e. The highest BCUT2D eigenvalue weighted by atomic mass is 32.1. The summed E-state index contributed by atoms with van der Waals surface area (Å²) in [5.41, 5.74) is 0.946. The first kappa shape index (κ1) is 15.5. The highest BCUT2D eigenvalue weighted by Gasteiger charge is 2.16. The first-order chi connectivity index (χ1) is 10.1. The molecule has 0 aromatic carbocycles. The van der Waals surface area contributed by atoms with Crippen molar-refractivity contribution in [1.82, 2.24) is 19.9 Å². The topological polar surface area (TPSA) is 68.2 Å². The SMILES string of the molecule is COC(=O)[C@H](C)CN(C)Cc1csc(-c2ncccn2)n1. The van der Waals surface area contributed by atoms with E-state index < -0.39 is 0 Å². The molecule has 2 heterocycles. The molecule has 0 aliphatic heterocycles. The molecule has 0 bridgehead atoms. The molecule has 2 rings (SSSR count). The predicted molar refractivity (Wildman–Crippen MR) is 80.7 cm³/mol. The standard InChI is InChI=1S/C14H18N4O2S/c1-10(14(19)20-3)7-18(2)8-11-9-21-13(17-11)12-15-5-4-6-16-12/h4-6,9-10H,7-8H2,1-3H3/t10-/m1/s1. The number of rotatable bonds is 6. The zero-order valence-electron chi connectivity index (χ0n) is 12.3. The van der Waals surface area contributed by atoms with Crippen LogP contribution in [-0.2, 0) is 16.1 Å². The van der Waals surface area contributed by atoms with Crippen LogP contribution in [0.4, 0.5) is 0 Å². The first-order valence-corrected chi connectivity index (χ1v) is 7.46. The molecule has 6 nitrogen and oxygen atoms in total. The highest BCUT2D eigenvalue weighted by Crippen LogP contribution is 2.20. The number of hydrogen-bond donors (Lipinski definition) is 0. The summed E-state index contributed by atoms with van der Waals surface area (Å²) in [6, 6.07) is 1.78. The van der Waals surface area contributed by atoms with E-state index in [1.807, 2.05) is 24.3 Å². The third-order valence-corrected chi connectivity index (χ3v) is 3.82. The van der Waals surface area contributed by atoms with E-state index in [0.29, 0.717) is 18.9 Å².